The summed E-state index contributed by atoms with van der Waals surface area (Å²) in [6, 6.07) is 3.65. The van der Waals surface area contributed by atoms with Gasteiger partial charge in [0.05, 0.1) is 19.7 Å². The number of nitrogens with zero attached hydrogens (tertiary/aromatic N) is 3. The maximum atomic E-state index is 6.17. The maximum absolute atomic E-state index is 6.17. The Morgan fingerprint density at radius 2 is 1.77 bits per heavy atom. The number of anilines is 2. The third-order valence-electron chi connectivity index (χ3n) is 5.17. The minimum absolute atomic E-state index is 0.272. The van der Waals surface area contributed by atoms with E-state index >= 15 is 0 Å². The van der Waals surface area contributed by atoms with Crippen LogP contribution in [0.15, 0.2) is 12.1 Å². The standard InChI is InChI=1S/C19H29N5O2/c1-24(2)12-19(7-5-6-8-19)11-21-18-22-14-10-16(26-4)15(25-3)9-13(14)17(20)23-18/h9-10H,5-8,11-12H2,1-4H3,(H3,20,21,22,23). The molecule has 1 heterocycles. The molecular weight excluding hydrogens is 330 g/mol. The number of hydrogen-bond acceptors (Lipinski definition) is 7. The van der Waals surface area contributed by atoms with Gasteiger partial charge in [-0.05, 0) is 33.0 Å². The molecule has 1 saturated carbocycles. The summed E-state index contributed by atoms with van der Waals surface area (Å²) in [6.07, 6.45) is 5.03. The normalized spacial score (nSPS) is 16.2. The lowest BCUT2D eigenvalue weighted by molar-refractivity contribution is 0.215. The Morgan fingerprint density at radius 1 is 1.12 bits per heavy atom. The van der Waals surface area contributed by atoms with E-state index in [4.69, 9.17) is 15.2 Å². The second-order valence-corrected chi connectivity index (χ2v) is 7.46. The number of fused-ring (bicyclic) bond motifs is 1. The second kappa shape index (κ2) is 7.53. The van der Waals surface area contributed by atoms with Gasteiger partial charge in [0.25, 0.3) is 0 Å². The summed E-state index contributed by atoms with van der Waals surface area (Å²) in [5, 5.41) is 4.19. The van der Waals surface area contributed by atoms with E-state index < -0.39 is 0 Å². The van der Waals surface area contributed by atoms with Gasteiger partial charge in [0.15, 0.2) is 11.5 Å². The van der Waals surface area contributed by atoms with E-state index in [-0.39, 0.29) is 5.41 Å². The number of nitrogen functional groups attached to an aromatic ring is 1. The highest BCUT2D eigenvalue weighted by molar-refractivity contribution is 5.91. The lowest BCUT2D eigenvalue weighted by atomic mass is 9.85. The van der Waals surface area contributed by atoms with Crippen molar-refractivity contribution in [2.24, 2.45) is 5.41 Å². The fourth-order valence-corrected chi connectivity index (χ4v) is 4.01. The fraction of sp³-hybridized carbons (Fsp3) is 0.579. The van der Waals surface area contributed by atoms with Crippen LogP contribution in [0.25, 0.3) is 10.9 Å². The molecule has 3 rings (SSSR count). The molecule has 0 amide bonds. The van der Waals surface area contributed by atoms with Crippen molar-refractivity contribution >= 4 is 22.7 Å². The topological polar surface area (TPSA) is 85.5 Å². The smallest absolute Gasteiger partial charge is 0.225 e. The van der Waals surface area contributed by atoms with E-state index in [1.807, 2.05) is 12.1 Å². The zero-order valence-corrected chi connectivity index (χ0v) is 16.1. The van der Waals surface area contributed by atoms with Crippen LogP contribution in [0.5, 0.6) is 11.5 Å². The largest absolute Gasteiger partial charge is 0.493 e. The molecule has 7 heteroatoms. The van der Waals surface area contributed by atoms with E-state index in [1.54, 1.807) is 14.2 Å². The molecule has 1 fully saturated rings. The van der Waals surface area contributed by atoms with Crippen LogP contribution in [-0.2, 0) is 0 Å². The van der Waals surface area contributed by atoms with Gasteiger partial charge in [-0.1, -0.05) is 12.8 Å². The SMILES string of the molecule is COc1cc2nc(NCC3(CN(C)C)CCCC3)nc(N)c2cc1OC. The molecule has 1 aliphatic rings. The van der Waals surface area contributed by atoms with Crippen LogP contribution in [0.4, 0.5) is 11.8 Å². The van der Waals surface area contributed by atoms with E-state index in [1.165, 1.54) is 25.7 Å². The lowest BCUT2D eigenvalue weighted by Gasteiger charge is -2.32. The Morgan fingerprint density at radius 3 is 2.38 bits per heavy atom. The number of rotatable bonds is 7. The molecular formula is C19H29N5O2. The van der Waals surface area contributed by atoms with Crippen molar-refractivity contribution in [1.29, 1.82) is 0 Å². The van der Waals surface area contributed by atoms with E-state index in [0.29, 0.717) is 23.3 Å². The van der Waals surface area contributed by atoms with Crippen LogP contribution < -0.4 is 20.5 Å². The van der Waals surface area contributed by atoms with Crippen LogP contribution in [-0.4, -0.2) is 56.3 Å². The van der Waals surface area contributed by atoms with Crippen molar-refractivity contribution in [3.05, 3.63) is 12.1 Å². The Hall–Kier alpha value is -2.28. The van der Waals surface area contributed by atoms with Gasteiger partial charge in [0.1, 0.15) is 5.82 Å². The minimum atomic E-state index is 0.272. The van der Waals surface area contributed by atoms with Crippen molar-refractivity contribution in [2.75, 3.05) is 52.5 Å². The number of ether oxygens (including phenoxy) is 2. The first kappa shape index (κ1) is 18.5. The first-order chi connectivity index (χ1) is 12.5. The summed E-state index contributed by atoms with van der Waals surface area (Å²) in [6.45, 7) is 1.91. The van der Waals surface area contributed by atoms with Crippen molar-refractivity contribution in [3.63, 3.8) is 0 Å². The summed E-state index contributed by atoms with van der Waals surface area (Å²) >= 11 is 0. The highest BCUT2D eigenvalue weighted by atomic mass is 16.5. The summed E-state index contributed by atoms with van der Waals surface area (Å²) in [5.41, 5.74) is 7.19. The highest BCUT2D eigenvalue weighted by Gasteiger charge is 2.34. The molecule has 0 bridgehead atoms. The van der Waals surface area contributed by atoms with Crippen LogP contribution in [0, 0.1) is 5.41 Å². The minimum Gasteiger partial charge on any atom is -0.493 e. The van der Waals surface area contributed by atoms with Gasteiger partial charge in [-0.25, -0.2) is 4.98 Å². The average Bonchev–Trinajstić information content (AvgIpc) is 3.07. The predicted molar refractivity (Wildman–Crippen MR) is 105 cm³/mol. The number of methoxy groups -OCH3 is 2. The van der Waals surface area contributed by atoms with Gasteiger partial charge in [-0.2, -0.15) is 4.98 Å². The molecule has 1 aromatic heterocycles. The quantitative estimate of drug-likeness (QED) is 0.786. The van der Waals surface area contributed by atoms with Gasteiger partial charge in [-0.3, -0.25) is 0 Å². The maximum Gasteiger partial charge on any atom is 0.225 e. The summed E-state index contributed by atoms with van der Waals surface area (Å²) in [7, 11) is 7.47. The first-order valence-corrected chi connectivity index (χ1v) is 9.04. The Kier molecular flexibility index (Phi) is 5.36. The van der Waals surface area contributed by atoms with Crippen molar-refractivity contribution in [1.82, 2.24) is 14.9 Å². The zero-order valence-electron chi connectivity index (χ0n) is 16.1. The van der Waals surface area contributed by atoms with E-state index in [9.17, 15) is 0 Å². The van der Waals surface area contributed by atoms with Crippen LogP contribution in [0.3, 0.4) is 0 Å². The molecule has 2 aromatic rings. The Balaban J connectivity index is 1.86. The summed E-state index contributed by atoms with van der Waals surface area (Å²) in [4.78, 5) is 11.4. The number of aromatic nitrogens is 2. The summed E-state index contributed by atoms with van der Waals surface area (Å²) in [5.74, 6) is 2.25. The first-order valence-electron chi connectivity index (χ1n) is 9.04. The van der Waals surface area contributed by atoms with Gasteiger partial charge in [0, 0.05) is 30.0 Å². The molecule has 7 nitrogen and oxygen atoms in total. The van der Waals surface area contributed by atoms with Gasteiger partial charge >= 0.3 is 0 Å². The lowest BCUT2D eigenvalue weighted by Crippen LogP contribution is -2.37. The molecule has 1 aliphatic carbocycles. The summed E-state index contributed by atoms with van der Waals surface area (Å²) < 4.78 is 10.7. The van der Waals surface area contributed by atoms with Crippen molar-refractivity contribution < 1.29 is 9.47 Å². The van der Waals surface area contributed by atoms with Crippen LogP contribution in [0.2, 0.25) is 0 Å². The van der Waals surface area contributed by atoms with Gasteiger partial charge < -0.3 is 25.4 Å². The molecule has 0 unspecified atom stereocenters. The van der Waals surface area contributed by atoms with Gasteiger partial charge in [0.2, 0.25) is 5.95 Å². The molecule has 142 valence electrons. The van der Waals surface area contributed by atoms with Crippen molar-refractivity contribution in [2.45, 2.75) is 25.7 Å². The predicted octanol–water partition coefficient (Wildman–Crippen LogP) is 2.76. The van der Waals surface area contributed by atoms with E-state index in [2.05, 4.69) is 34.3 Å². The molecule has 0 saturated heterocycles. The molecule has 0 atom stereocenters. The third-order valence-corrected chi connectivity index (χ3v) is 5.17. The molecule has 0 spiro atoms. The monoisotopic (exact) mass is 359 g/mol. The Bertz CT molecular complexity index is 772. The molecule has 0 aliphatic heterocycles. The molecule has 26 heavy (non-hydrogen) atoms. The second-order valence-electron chi connectivity index (χ2n) is 7.46. The number of nitrogens with one attached hydrogen (secondary N) is 1. The molecule has 1 aromatic carbocycles. The number of benzene rings is 1. The molecule has 0 radical (unpaired) electrons. The number of hydrogen-bond donors (Lipinski definition) is 2. The highest BCUT2D eigenvalue weighted by Crippen LogP contribution is 2.39. The zero-order chi connectivity index (χ0) is 18.7. The molecule has 3 N–H and O–H groups in total. The fourth-order valence-electron chi connectivity index (χ4n) is 4.01. The van der Waals surface area contributed by atoms with Crippen molar-refractivity contribution in [3.8, 4) is 11.5 Å². The van der Waals surface area contributed by atoms with Gasteiger partial charge in [-0.15, -0.1) is 0 Å². The van der Waals surface area contributed by atoms with Crippen LogP contribution >= 0.6 is 0 Å². The van der Waals surface area contributed by atoms with Crippen LogP contribution in [0.1, 0.15) is 25.7 Å². The number of nitrogens with two attached hydrogens (primary N) is 1. The average molecular weight is 359 g/mol. The van der Waals surface area contributed by atoms with E-state index in [0.717, 1.165) is 24.0 Å². The Labute approximate surface area is 154 Å². The third kappa shape index (κ3) is 3.77.